The molecule has 0 saturated carbocycles. The molecule has 0 spiro atoms. The van der Waals surface area contributed by atoms with Gasteiger partial charge in [-0.15, -0.1) is 0 Å². The molecule has 0 radical (unpaired) electrons. The Hall–Kier alpha value is -1.57. The molecule has 0 unspecified atom stereocenters. The van der Waals surface area contributed by atoms with Crippen LogP contribution in [0.5, 0.6) is 5.75 Å². The lowest BCUT2D eigenvalue weighted by molar-refractivity contribution is 0.101. The lowest BCUT2D eigenvalue weighted by Gasteiger charge is -1.99. The average Bonchev–Trinajstić information content (AvgIpc) is 2.44. The number of carbonyl (C=O) groups excluding carboxylic acids is 1. The molecule has 0 N–H and O–H groups in total. The van der Waals surface area contributed by atoms with E-state index in [1.54, 1.807) is 6.07 Å². The highest BCUT2D eigenvalue weighted by molar-refractivity contribution is 6.12. The summed E-state index contributed by atoms with van der Waals surface area (Å²) >= 11 is 0. The van der Waals surface area contributed by atoms with Crippen molar-refractivity contribution in [2.45, 2.75) is 13.8 Å². The Balaban J connectivity index is 2.39. The quantitative estimate of drug-likeness (QED) is 0.633. The van der Waals surface area contributed by atoms with Gasteiger partial charge in [0.05, 0.1) is 5.56 Å². The first-order valence-electron chi connectivity index (χ1n) is 4.72. The SMILES string of the molecule is CC(C)/C=C1\Oc2ccccc2C1=O. The van der Waals surface area contributed by atoms with Crippen LogP contribution < -0.4 is 4.74 Å². The van der Waals surface area contributed by atoms with Gasteiger partial charge < -0.3 is 4.74 Å². The number of hydrogen-bond acceptors (Lipinski definition) is 2. The van der Waals surface area contributed by atoms with Gasteiger partial charge >= 0.3 is 0 Å². The zero-order valence-electron chi connectivity index (χ0n) is 8.28. The number of para-hydroxylation sites is 1. The van der Waals surface area contributed by atoms with E-state index in [9.17, 15) is 4.79 Å². The number of hydrogen-bond donors (Lipinski definition) is 0. The molecule has 1 heterocycles. The van der Waals surface area contributed by atoms with E-state index in [0.29, 0.717) is 23.0 Å². The fraction of sp³-hybridized carbons (Fsp3) is 0.250. The second kappa shape index (κ2) is 3.29. The number of rotatable bonds is 1. The average molecular weight is 188 g/mol. The molecular formula is C12H12O2. The maximum absolute atomic E-state index is 11.7. The van der Waals surface area contributed by atoms with Crippen LogP contribution in [-0.2, 0) is 0 Å². The monoisotopic (exact) mass is 188 g/mol. The molecular weight excluding hydrogens is 176 g/mol. The Morgan fingerprint density at radius 3 is 2.64 bits per heavy atom. The van der Waals surface area contributed by atoms with E-state index >= 15 is 0 Å². The summed E-state index contributed by atoms with van der Waals surface area (Å²) in [5.74, 6) is 1.45. The second-order valence-corrected chi connectivity index (χ2v) is 3.70. The Bertz CT molecular complexity index is 403. The summed E-state index contributed by atoms with van der Waals surface area (Å²) in [5.41, 5.74) is 0.666. The molecule has 0 aromatic heterocycles. The van der Waals surface area contributed by atoms with E-state index in [1.807, 2.05) is 38.1 Å². The number of ketones is 1. The fourth-order valence-electron chi connectivity index (χ4n) is 1.45. The fourth-order valence-corrected chi connectivity index (χ4v) is 1.45. The van der Waals surface area contributed by atoms with Gasteiger partial charge in [0.2, 0.25) is 5.78 Å². The Morgan fingerprint density at radius 2 is 2.00 bits per heavy atom. The smallest absolute Gasteiger partial charge is 0.231 e. The van der Waals surface area contributed by atoms with E-state index in [2.05, 4.69) is 0 Å². The van der Waals surface area contributed by atoms with Crippen LogP contribution in [0.25, 0.3) is 0 Å². The lowest BCUT2D eigenvalue weighted by atomic mass is 10.1. The molecule has 2 rings (SSSR count). The summed E-state index contributed by atoms with van der Waals surface area (Å²) < 4.78 is 5.44. The van der Waals surface area contributed by atoms with Crippen molar-refractivity contribution in [3.63, 3.8) is 0 Å². The second-order valence-electron chi connectivity index (χ2n) is 3.70. The van der Waals surface area contributed by atoms with Gasteiger partial charge in [-0.1, -0.05) is 26.0 Å². The van der Waals surface area contributed by atoms with Gasteiger partial charge in [0.15, 0.2) is 5.76 Å². The van der Waals surface area contributed by atoms with Crippen molar-refractivity contribution >= 4 is 5.78 Å². The van der Waals surface area contributed by atoms with Crippen LogP contribution in [0.1, 0.15) is 24.2 Å². The number of carbonyl (C=O) groups is 1. The number of Topliss-reactive ketones (excluding diaryl/α,β-unsaturated/α-hetero) is 1. The molecule has 2 heteroatoms. The van der Waals surface area contributed by atoms with Gasteiger partial charge in [0.25, 0.3) is 0 Å². The summed E-state index contributed by atoms with van der Waals surface area (Å²) in [5, 5.41) is 0. The Labute approximate surface area is 83.2 Å². The third-order valence-electron chi connectivity index (χ3n) is 2.06. The molecule has 0 atom stereocenters. The van der Waals surface area contributed by atoms with Crippen LogP contribution in [0, 0.1) is 5.92 Å². The molecule has 2 nitrogen and oxygen atoms in total. The van der Waals surface area contributed by atoms with Crippen molar-refractivity contribution < 1.29 is 9.53 Å². The van der Waals surface area contributed by atoms with Crippen LogP contribution in [0.2, 0.25) is 0 Å². The summed E-state index contributed by atoms with van der Waals surface area (Å²) in [7, 11) is 0. The highest BCUT2D eigenvalue weighted by atomic mass is 16.5. The zero-order chi connectivity index (χ0) is 10.1. The number of fused-ring (bicyclic) bond motifs is 1. The predicted octanol–water partition coefficient (Wildman–Crippen LogP) is 2.80. The zero-order valence-corrected chi connectivity index (χ0v) is 8.28. The minimum absolute atomic E-state index is 0.00528. The number of allylic oxidation sites excluding steroid dienone is 2. The lowest BCUT2D eigenvalue weighted by Crippen LogP contribution is -2.00. The van der Waals surface area contributed by atoms with Gasteiger partial charge in [0.1, 0.15) is 5.75 Å². The molecule has 14 heavy (non-hydrogen) atoms. The van der Waals surface area contributed by atoms with Crippen LogP contribution in [0.15, 0.2) is 36.1 Å². The summed E-state index contributed by atoms with van der Waals surface area (Å²) in [6.45, 7) is 4.04. The largest absolute Gasteiger partial charge is 0.453 e. The van der Waals surface area contributed by atoms with E-state index in [0.717, 1.165) is 0 Å². The van der Waals surface area contributed by atoms with Crippen LogP contribution in [0.4, 0.5) is 0 Å². The van der Waals surface area contributed by atoms with Gasteiger partial charge in [-0.05, 0) is 24.1 Å². The minimum Gasteiger partial charge on any atom is -0.453 e. The number of benzene rings is 1. The highest BCUT2D eigenvalue weighted by Crippen LogP contribution is 2.30. The van der Waals surface area contributed by atoms with Crippen molar-refractivity contribution in [2.75, 3.05) is 0 Å². The standard InChI is InChI=1S/C12H12O2/c1-8(2)7-11-12(13)9-5-3-4-6-10(9)14-11/h3-8H,1-2H3/b11-7-. The first-order valence-corrected chi connectivity index (χ1v) is 4.72. The van der Waals surface area contributed by atoms with Crippen molar-refractivity contribution in [3.05, 3.63) is 41.7 Å². The normalized spacial score (nSPS) is 17.4. The minimum atomic E-state index is -0.00528. The molecule has 1 aliphatic rings. The maximum atomic E-state index is 11.7. The third kappa shape index (κ3) is 1.43. The highest BCUT2D eigenvalue weighted by Gasteiger charge is 2.26. The predicted molar refractivity (Wildman–Crippen MR) is 54.3 cm³/mol. The third-order valence-corrected chi connectivity index (χ3v) is 2.06. The summed E-state index contributed by atoms with van der Waals surface area (Å²) in [4.78, 5) is 11.7. The van der Waals surface area contributed by atoms with Gasteiger partial charge in [0, 0.05) is 0 Å². The summed E-state index contributed by atoms with van der Waals surface area (Å²) in [6.07, 6.45) is 1.85. The van der Waals surface area contributed by atoms with E-state index < -0.39 is 0 Å². The summed E-state index contributed by atoms with van der Waals surface area (Å²) in [6, 6.07) is 7.32. The van der Waals surface area contributed by atoms with E-state index in [-0.39, 0.29) is 5.78 Å². The number of ether oxygens (including phenoxy) is 1. The molecule has 0 aliphatic carbocycles. The van der Waals surface area contributed by atoms with Crippen LogP contribution in [0.3, 0.4) is 0 Å². The topological polar surface area (TPSA) is 26.3 Å². The molecule has 0 amide bonds. The van der Waals surface area contributed by atoms with Crippen molar-refractivity contribution in [1.82, 2.24) is 0 Å². The molecule has 1 aliphatic heterocycles. The molecule has 0 bridgehead atoms. The van der Waals surface area contributed by atoms with E-state index in [4.69, 9.17) is 4.74 Å². The van der Waals surface area contributed by atoms with E-state index in [1.165, 1.54) is 0 Å². The van der Waals surface area contributed by atoms with Crippen LogP contribution in [-0.4, -0.2) is 5.78 Å². The van der Waals surface area contributed by atoms with Crippen molar-refractivity contribution in [3.8, 4) is 5.75 Å². The first-order chi connectivity index (χ1) is 6.68. The van der Waals surface area contributed by atoms with Gasteiger partial charge in [-0.3, -0.25) is 4.79 Å². The van der Waals surface area contributed by atoms with Gasteiger partial charge in [-0.25, -0.2) is 0 Å². The Morgan fingerprint density at radius 1 is 1.29 bits per heavy atom. The Kier molecular flexibility index (Phi) is 2.12. The van der Waals surface area contributed by atoms with Crippen LogP contribution >= 0.6 is 0 Å². The molecule has 0 saturated heterocycles. The molecule has 72 valence electrons. The first kappa shape index (κ1) is 9.00. The van der Waals surface area contributed by atoms with Crippen molar-refractivity contribution in [1.29, 1.82) is 0 Å². The maximum Gasteiger partial charge on any atom is 0.231 e. The molecule has 1 aromatic carbocycles. The molecule has 1 aromatic rings. The molecule has 0 fully saturated rings. The van der Waals surface area contributed by atoms with Gasteiger partial charge in [-0.2, -0.15) is 0 Å². The van der Waals surface area contributed by atoms with Crippen molar-refractivity contribution in [2.24, 2.45) is 5.92 Å².